The summed E-state index contributed by atoms with van der Waals surface area (Å²) in [7, 11) is -9.92. The van der Waals surface area contributed by atoms with Gasteiger partial charge in [0.15, 0.2) is 12.2 Å². The molecular weight excluding hydrogens is 1310 g/mol. The van der Waals surface area contributed by atoms with Crippen LogP contribution in [-0.2, 0) is 65.4 Å². The van der Waals surface area contributed by atoms with Gasteiger partial charge in [0, 0.05) is 25.7 Å². The molecule has 3 N–H and O–H groups in total. The van der Waals surface area contributed by atoms with Gasteiger partial charge in [0.2, 0.25) is 0 Å². The summed E-state index contributed by atoms with van der Waals surface area (Å²) in [6.07, 6.45) is 56.8. The number of rotatable bonds is 78. The minimum absolute atomic E-state index is 0.107. The maximum Gasteiger partial charge on any atom is 0.472 e. The first-order valence-corrected chi connectivity index (χ1v) is 44.7. The molecule has 0 saturated carbocycles. The van der Waals surface area contributed by atoms with Crippen LogP contribution in [0.5, 0.6) is 0 Å². The molecule has 0 radical (unpaired) electrons. The van der Waals surface area contributed by atoms with E-state index in [1.807, 2.05) is 0 Å². The van der Waals surface area contributed by atoms with Crippen LogP contribution in [0.4, 0.5) is 0 Å². The van der Waals surface area contributed by atoms with Crippen molar-refractivity contribution in [2.45, 2.75) is 433 Å². The van der Waals surface area contributed by atoms with Crippen molar-refractivity contribution in [2.24, 2.45) is 23.7 Å². The van der Waals surface area contributed by atoms with E-state index >= 15 is 0 Å². The first-order chi connectivity index (χ1) is 48.1. The van der Waals surface area contributed by atoms with Crippen molar-refractivity contribution < 1.29 is 80.2 Å². The standard InChI is InChI=1S/C81H158O17P2/c1-71(2)57-49-41-33-25-18-12-9-15-21-29-37-45-53-61-78(83)91-67-76(97-80(85)63-55-47-39-30-22-16-10-13-19-26-34-42-50-58-72(3)4)69-95-99(87,88)93-65-75(82)66-94-100(89,90)96-70-77(68-92-79(84)62-54-46-38-32-24-28-36-44-52-60-74(7)8)98-81(86)64-56-48-40-31-23-17-11-14-20-27-35-43-51-59-73(5)6/h71-77,82H,9-70H2,1-8H3,(H,87,88)(H,89,90)/t75-,76-,77-/m1/s1. The minimum atomic E-state index is -4.96. The molecule has 100 heavy (non-hydrogen) atoms. The van der Waals surface area contributed by atoms with Crippen LogP contribution >= 0.6 is 15.6 Å². The summed E-state index contributed by atoms with van der Waals surface area (Å²) in [5, 5.41) is 10.6. The lowest BCUT2D eigenvalue weighted by Crippen LogP contribution is -2.30. The Bertz CT molecular complexity index is 1950. The smallest absolute Gasteiger partial charge is 0.462 e. The number of ether oxygens (including phenoxy) is 4. The van der Waals surface area contributed by atoms with E-state index in [2.05, 4.69) is 55.4 Å². The second kappa shape index (κ2) is 70.1. The lowest BCUT2D eigenvalue weighted by molar-refractivity contribution is -0.161. The van der Waals surface area contributed by atoms with E-state index in [-0.39, 0.29) is 25.7 Å². The third-order valence-electron chi connectivity index (χ3n) is 18.8. The third kappa shape index (κ3) is 74.3. The second-order valence-electron chi connectivity index (χ2n) is 31.1. The molecule has 0 fully saturated rings. The van der Waals surface area contributed by atoms with Gasteiger partial charge >= 0.3 is 39.5 Å². The van der Waals surface area contributed by atoms with Crippen molar-refractivity contribution in [3.05, 3.63) is 0 Å². The molecular formula is C81H158O17P2. The van der Waals surface area contributed by atoms with Gasteiger partial charge in [-0.1, -0.05) is 364 Å². The van der Waals surface area contributed by atoms with Gasteiger partial charge in [-0.05, 0) is 49.4 Å². The van der Waals surface area contributed by atoms with Gasteiger partial charge in [-0.15, -0.1) is 0 Å². The second-order valence-corrected chi connectivity index (χ2v) is 34.0. The van der Waals surface area contributed by atoms with E-state index in [0.29, 0.717) is 25.7 Å². The number of hydrogen-bond acceptors (Lipinski definition) is 15. The van der Waals surface area contributed by atoms with Gasteiger partial charge in [0.25, 0.3) is 0 Å². The Morgan fingerprint density at radius 2 is 0.420 bits per heavy atom. The Morgan fingerprint density at radius 1 is 0.250 bits per heavy atom. The van der Waals surface area contributed by atoms with E-state index in [1.165, 1.54) is 218 Å². The fourth-order valence-electron chi connectivity index (χ4n) is 12.4. The highest BCUT2D eigenvalue weighted by molar-refractivity contribution is 7.47. The number of phosphoric ester groups is 2. The fraction of sp³-hybridized carbons (Fsp3) is 0.951. The first kappa shape index (κ1) is 98.1. The Kier molecular flexibility index (Phi) is 68.7. The molecule has 0 aromatic rings. The molecule has 2 unspecified atom stereocenters. The highest BCUT2D eigenvalue weighted by atomic mass is 31.2. The third-order valence-corrected chi connectivity index (χ3v) is 20.7. The Labute approximate surface area is 613 Å². The van der Waals surface area contributed by atoms with Crippen LogP contribution < -0.4 is 0 Å². The summed E-state index contributed by atoms with van der Waals surface area (Å²) in [5.74, 6) is 0.995. The van der Waals surface area contributed by atoms with Gasteiger partial charge in [-0.3, -0.25) is 37.3 Å². The molecule has 0 aromatic carbocycles. The van der Waals surface area contributed by atoms with E-state index in [4.69, 9.17) is 37.0 Å². The van der Waals surface area contributed by atoms with Crippen LogP contribution in [0.1, 0.15) is 415 Å². The van der Waals surface area contributed by atoms with Crippen LogP contribution in [0.3, 0.4) is 0 Å². The average molecular weight is 1470 g/mol. The van der Waals surface area contributed by atoms with E-state index in [0.717, 1.165) is 114 Å². The molecule has 0 aliphatic heterocycles. The van der Waals surface area contributed by atoms with Crippen molar-refractivity contribution in [2.75, 3.05) is 39.6 Å². The molecule has 594 valence electrons. The van der Waals surface area contributed by atoms with Gasteiger partial charge < -0.3 is 33.8 Å². The SMILES string of the molecule is CC(C)CCCCCCCCCCCCCCCC(=O)OC[C@H](COP(=O)(O)OC[C@@H](O)COP(=O)(O)OC[C@@H](COC(=O)CCCCCCCCCCCC(C)C)OC(=O)CCCCCCCCCCCCCCCC(C)C)OC(=O)CCCCCCCCCCCCCCCC(C)C. The van der Waals surface area contributed by atoms with E-state index < -0.39 is 97.5 Å². The van der Waals surface area contributed by atoms with Crippen molar-refractivity contribution >= 4 is 39.5 Å². The van der Waals surface area contributed by atoms with Crippen molar-refractivity contribution in [3.8, 4) is 0 Å². The molecule has 17 nitrogen and oxygen atoms in total. The number of aliphatic hydroxyl groups is 1. The Balaban J connectivity index is 5.27. The lowest BCUT2D eigenvalue weighted by Gasteiger charge is -2.21. The number of carbonyl (C=O) groups excluding carboxylic acids is 4. The highest BCUT2D eigenvalue weighted by Crippen LogP contribution is 2.45. The van der Waals surface area contributed by atoms with Gasteiger partial charge in [-0.2, -0.15) is 0 Å². The van der Waals surface area contributed by atoms with Crippen molar-refractivity contribution in [1.29, 1.82) is 0 Å². The average Bonchev–Trinajstić information content (AvgIpc) is 0.909. The summed E-state index contributed by atoms with van der Waals surface area (Å²) >= 11 is 0. The molecule has 0 rings (SSSR count). The zero-order chi connectivity index (χ0) is 73.8. The summed E-state index contributed by atoms with van der Waals surface area (Å²) < 4.78 is 68.8. The van der Waals surface area contributed by atoms with Crippen LogP contribution in [0.2, 0.25) is 0 Å². The van der Waals surface area contributed by atoms with Crippen LogP contribution in [-0.4, -0.2) is 96.7 Å². The number of esters is 4. The number of unbranched alkanes of at least 4 members (excludes halogenated alkanes) is 44. The summed E-state index contributed by atoms with van der Waals surface area (Å²) in [6, 6.07) is 0. The molecule has 0 aliphatic rings. The van der Waals surface area contributed by atoms with Gasteiger partial charge in [-0.25, -0.2) is 9.13 Å². The molecule has 19 heteroatoms. The monoisotopic (exact) mass is 1470 g/mol. The minimum Gasteiger partial charge on any atom is -0.462 e. The number of hydrogen-bond donors (Lipinski definition) is 3. The molecule has 0 heterocycles. The zero-order valence-electron chi connectivity index (χ0n) is 65.8. The summed E-state index contributed by atoms with van der Waals surface area (Å²) in [5.41, 5.74) is 0. The van der Waals surface area contributed by atoms with Gasteiger partial charge in [0.1, 0.15) is 19.3 Å². The predicted molar refractivity (Wildman–Crippen MR) is 409 cm³/mol. The molecule has 5 atom stereocenters. The molecule has 0 spiro atoms. The number of phosphoric acid groups is 2. The zero-order valence-corrected chi connectivity index (χ0v) is 67.6. The van der Waals surface area contributed by atoms with E-state index in [9.17, 15) is 43.2 Å². The quantitative estimate of drug-likeness (QED) is 0.0222. The van der Waals surface area contributed by atoms with Crippen LogP contribution in [0.25, 0.3) is 0 Å². The lowest BCUT2D eigenvalue weighted by atomic mass is 10.0. The summed E-state index contributed by atoms with van der Waals surface area (Å²) in [6.45, 7) is 14.3. The van der Waals surface area contributed by atoms with Gasteiger partial charge in [0.05, 0.1) is 26.4 Å². The molecule has 0 bridgehead atoms. The maximum atomic E-state index is 13.1. The normalized spacial score (nSPS) is 14.0. The predicted octanol–water partition coefficient (Wildman–Crippen LogP) is 24.0. The molecule has 0 amide bonds. The highest BCUT2D eigenvalue weighted by Gasteiger charge is 2.30. The topological polar surface area (TPSA) is 237 Å². The van der Waals surface area contributed by atoms with Crippen molar-refractivity contribution in [1.82, 2.24) is 0 Å². The number of carbonyl (C=O) groups is 4. The number of aliphatic hydroxyl groups excluding tert-OH is 1. The first-order valence-electron chi connectivity index (χ1n) is 41.7. The Hall–Kier alpha value is -1.94. The summed E-state index contributed by atoms with van der Waals surface area (Å²) in [4.78, 5) is 73.1. The molecule has 0 saturated heterocycles. The molecule has 0 aromatic heterocycles. The molecule has 0 aliphatic carbocycles. The van der Waals surface area contributed by atoms with Crippen molar-refractivity contribution in [3.63, 3.8) is 0 Å². The Morgan fingerprint density at radius 3 is 0.620 bits per heavy atom. The van der Waals surface area contributed by atoms with Crippen LogP contribution in [0, 0.1) is 23.7 Å². The van der Waals surface area contributed by atoms with E-state index in [1.54, 1.807) is 0 Å². The maximum absolute atomic E-state index is 13.1. The fourth-order valence-corrected chi connectivity index (χ4v) is 14.0. The van der Waals surface area contributed by atoms with Crippen LogP contribution in [0.15, 0.2) is 0 Å². The largest absolute Gasteiger partial charge is 0.472 e.